The van der Waals surface area contributed by atoms with Gasteiger partial charge in [-0.2, -0.15) is 5.10 Å². The molecule has 3 rings (SSSR count). The molecule has 1 aromatic carbocycles. The van der Waals surface area contributed by atoms with E-state index >= 15 is 0 Å². The second kappa shape index (κ2) is 5.41. The van der Waals surface area contributed by atoms with Gasteiger partial charge in [0.15, 0.2) is 0 Å². The Morgan fingerprint density at radius 2 is 1.90 bits per heavy atom. The minimum Gasteiger partial charge on any atom is -0.316 e. The van der Waals surface area contributed by atoms with Crippen LogP contribution in [-0.4, -0.2) is 23.3 Å². The van der Waals surface area contributed by atoms with E-state index in [0.29, 0.717) is 5.92 Å². The van der Waals surface area contributed by atoms with Crippen molar-refractivity contribution in [2.45, 2.75) is 39.5 Å². The van der Waals surface area contributed by atoms with Gasteiger partial charge in [0.2, 0.25) is 0 Å². The van der Waals surface area contributed by atoms with Crippen LogP contribution < -0.4 is 5.32 Å². The topological polar surface area (TPSA) is 40.7 Å². The molecule has 3 nitrogen and oxygen atoms in total. The third-order valence-corrected chi connectivity index (χ3v) is 4.32. The van der Waals surface area contributed by atoms with Crippen LogP contribution in [0.2, 0.25) is 0 Å². The third-order valence-electron chi connectivity index (χ3n) is 4.32. The molecule has 0 bridgehead atoms. The Bertz CT molecular complexity index is 583. The van der Waals surface area contributed by atoms with E-state index in [9.17, 15) is 0 Å². The average Bonchev–Trinajstić information content (AvgIpc) is 2.87. The van der Waals surface area contributed by atoms with Crippen molar-refractivity contribution in [2.75, 3.05) is 13.1 Å². The van der Waals surface area contributed by atoms with Gasteiger partial charge in [-0.1, -0.05) is 17.7 Å². The Hall–Kier alpha value is -1.61. The summed E-state index contributed by atoms with van der Waals surface area (Å²) in [5.74, 6) is 0.557. The summed E-state index contributed by atoms with van der Waals surface area (Å²) in [4.78, 5) is 0. The van der Waals surface area contributed by atoms with Crippen molar-refractivity contribution in [3.8, 4) is 11.1 Å². The molecule has 106 valence electrons. The lowest BCUT2D eigenvalue weighted by Gasteiger charge is -2.23. The standard InChI is InChI=1S/C17H23N3/c1-11-7-12(2)16(13(3)8-11)15-10-19-20-17(15)14-5-4-6-18-9-14/h7-8,10,14,18H,4-6,9H2,1-3H3,(H,19,20). The van der Waals surface area contributed by atoms with E-state index in [0.717, 1.165) is 13.1 Å². The first kappa shape index (κ1) is 13.4. The lowest BCUT2D eigenvalue weighted by molar-refractivity contribution is 0.455. The number of nitrogens with zero attached hydrogens (tertiary/aromatic N) is 1. The maximum Gasteiger partial charge on any atom is 0.0569 e. The predicted molar refractivity (Wildman–Crippen MR) is 83.1 cm³/mol. The van der Waals surface area contributed by atoms with Crippen LogP contribution in [0.5, 0.6) is 0 Å². The molecule has 2 heterocycles. The highest BCUT2D eigenvalue weighted by Gasteiger charge is 2.22. The number of piperidine rings is 1. The Labute approximate surface area is 120 Å². The van der Waals surface area contributed by atoms with Crippen LogP contribution in [0.4, 0.5) is 0 Å². The Kier molecular flexibility index (Phi) is 3.62. The number of hydrogen-bond donors (Lipinski definition) is 2. The fourth-order valence-corrected chi connectivity index (χ4v) is 3.51. The zero-order chi connectivity index (χ0) is 14.1. The van der Waals surface area contributed by atoms with Gasteiger partial charge in [-0.25, -0.2) is 0 Å². The van der Waals surface area contributed by atoms with Crippen molar-refractivity contribution >= 4 is 0 Å². The van der Waals surface area contributed by atoms with Crippen molar-refractivity contribution in [1.82, 2.24) is 15.5 Å². The molecule has 20 heavy (non-hydrogen) atoms. The van der Waals surface area contributed by atoms with E-state index in [2.05, 4.69) is 48.4 Å². The molecule has 3 heteroatoms. The smallest absolute Gasteiger partial charge is 0.0569 e. The fourth-order valence-electron chi connectivity index (χ4n) is 3.51. The van der Waals surface area contributed by atoms with Crippen molar-refractivity contribution in [2.24, 2.45) is 0 Å². The number of rotatable bonds is 2. The second-order valence-corrected chi connectivity index (χ2v) is 6.01. The predicted octanol–water partition coefficient (Wildman–Crippen LogP) is 3.47. The van der Waals surface area contributed by atoms with Gasteiger partial charge in [0, 0.05) is 23.7 Å². The summed E-state index contributed by atoms with van der Waals surface area (Å²) in [5.41, 5.74) is 7.95. The van der Waals surface area contributed by atoms with Crippen LogP contribution in [0.3, 0.4) is 0 Å². The summed E-state index contributed by atoms with van der Waals surface area (Å²) < 4.78 is 0. The highest BCUT2D eigenvalue weighted by Crippen LogP contribution is 2.35. The molecule has 2 aromatic rings. The van der Waals surface area contributed by atoms with Crippen molar-refractivity contribution in [3.05, 3.63) is 40.7 Å². The van der Waals surface area contributed by atoms with Gasteiger partial charge in [0.25, 0.3) is 0 Å². The monoisotopic (exact) mass is 269 g/mol. The largest absolute Gasteiger partial charge is 0.316 e. The van der Waals surface area contributed by atoms with Crippen LogP contribution in [0.1, 0.15) is 41.1 Å². The quantitative estimate of drug-likeness (QED) is 0.876. The summed E-state index contributed by atoms with van der Waals surface area (Å²) in [7, 11) is 0. The van der Waals surface area contributed by atoms with E-state index < -0.39 is 0 Å². The molecular weight excluding hydrogens is 246 g/mol. The summed E-state index contributed by atoms with van der Waals surface area (Å²) in [6.07, 6.45) is 4.48. The molecule has 1 atom stereocenters. The molecule has 1 aromatic heterocycles. The average molecular weight is 269 g/mol. The number of aromatic nitrogens is 2. The molecule has 1 unspecified atom stereocenters. The Morgan fingerprint density at radius 1 is 1.15 bits per heavy atom. The number of hydrogen-bond acceptors (Lipinski definition) is 2. The molecule has 1 aliphatic rings. The number of aryl methyl sites for hydroxylation is 3. The first-order valence-electron chi connectivity index (χ1n) is 7.49. The van der Waals surface area contributed by atoms with Gasteiger partial charge in [-0.05, 0) is 56.8 Å². The molecule has 0 radical (unpaired) electrons. The van der Waals surface area contributed by atoms with Crippen molar-refractivity contribution in [3.63, 3.8) is 0 Å². The molecule has 0 saturated carbocycles. The van der Waals surface area contributed by atoms with Crippen LogP contribution in [0, 0.1) is 20.8 Å². The molecule has 1 saturated heterocycles. The lowest BCUT2D eigenvalue weighted by atomic mass is 9.88. The Balaban J connectivity index is 2.05. The number of benzene rings is 1. The first-order chi connectivity index (χ1) is 9.66. The van der Waals surface area contributed by atoms with E-state index in [1.54, 1.807) is 0 Å². The fraction of sp³-hybridized carbons (Fsp3) is 0.471. The molecule has 0 amide bonds. The molecule has 1 aliphatic heterocycles. The van der Waals surface area contributed by atoms with Crippen LogP contribution in [-0.2, 0) is 0 Å². The lowest BCUT2D eigenvalue weighted by Crippen LogP contribution is -2.28. The zero-order valence-electron chi connectivity index (χ0n) is 12.6. The summed E-state index contributed by atoms with van der Waals surface area (Å²) in [6.45, 7) is 8.75. The van der Waals surface area contributed by atoms with Crippen molar-refractivity contribution < 1.29 is 0 Å². The highest BCUT2D eigenvalue weighted by molar-refractivity contribution is 5.73. The molecule has 0 aliphatic carbocycles. The maximum absolute atomic E-state index is 4.33. The number of H-pyrrole nitrogens is 1. The van der Waals surface area contributed by atoms with Gasteiger partial charge in [-0.3, -0.25) is 5.10 Å². The maximum atomic E-state index is 4.33. The second-order valence-electron chi connectivity index (χ2n) is 6.01. The van der Waals surface area contributed by atoms with Gasteiger partial charge in [-0.15, -0.1) is 0 Å². The van der Waals surface area contributed by atoms with Gasteiger partial charge >= 0.3 is 0 Å². The van der Waals surface area contributed by atoms with Gasteiger partial charge in [0.1, 0.15) is 0 Å². The summed E-state index contributed by atoms with van der Waals surface area (Å²) in [6, 6.07) is 4.52. The van der Waals surface area contributed by atoms with E-state index in [4.69, 9.17) is 0 Å². The number of nitrogens with one attached hydrogen (secondary N) is 2. The Morgan fingerprint density at radius 3 is 2.55 bits per heavy atom. The van der Waals surface area contributed by atoms with Gasteiger partial charge < -0.3 is 5.32 Å². The number of aromatic amines is 1. The van der Waals surface area contributed by atoms with E-state index in [1.165, 1.54) is 46.4 Å². The van der Waals surface area contributed by atoms with Crippen LogP contribution >= 0.6 is 0 Å². The summed E-state index contributed by atoms with van der Waals surface area (Å²) in [5, 5.41) is 11.1. The SMILES string of the molecule is Cc1cc(C)c(-c2cn[nH]c2C2CCCNC2)c(C)c1. The first-order valence-corrected chi connectivity index (χ1v) is 7.49. The van der Waals surface area contributed by atoms with Crippen LogP contribution in [0.15, 0.2) is 18.3 Å². The summed E-state index contributed by atoms with van der Waals surface area (Å²) >= 11 is 0. The minimum atomic E-state index is 0.557. The molecular formula is C17H23N3. The van der Waals surface area contributed by atoms with E-state index in [-0.39, 0.29) is 0 Å². The van der Waals surface area contributed by atoms with E-state index in [1.807, 2.05) is 6.20 Å². The van der Waals surface area contributed by atoms with Gasteiger partial charge in [0.05, 0.1) is 6.20 Å². The zero-order valence-corrected chi connectivity index (χ0v) is 12.6. The van der Waals surface area contributed by atoms with Crippen LogP contribution in [0.25, 0.3) is 11.1 Å². The molecule has 2 N–H and O–H groups in total. The molecule has 0 spiro atoms. The normalized spacial score (nSPS) is 19.2. The third kappa shape index (κ3) is 2.38. The molecule has 1 fully saturated rings. The minimum absolute atomic E-state index is 0.557. The highest BCUT2D eigenvalue weighted by atomic mass is 15.1. The van der Waals surface area contributed by atoms with Crippen molar-refractivity contribution in [1.29, 1.82) is 0 Å².